The van der Waals surface area contributed by atoms with Gasteiger partial charge in [-0.1, -0.05) is 18.2 Å². The van der Waals surface area contributed by atoms with Gasteiger partial charge in [-0.3, -0.25) is 0 Å². The molecule has 2 aliphatic rings. The lowest BCUT2D eigenvalue weighted by Gasteiger charge is -2.17. The van der Waals surface area contributed by atoms with E-state index in [2.05, 4.69) is 33.1 Å². The van der Waals surface area contributed by atoms with Crippen molar-refractivity contribution in [2.24, 2.45) is 0 Å². The molecule has 0 aliphatic carbocycles. The van der Waals surface area contributed by atoms with Gasteiger partial charge < -0.3 is 14.6 Å². The molecule has 20 heavy (non-hydrogen) atoms. The molecular weight excluding hydrogens is 250 g/mol. The Hall–Kier alpha value is -1.81. The Balaban J connectivity index is 1.50. The molecule has 4 heteroatoms. The third-order valence-corrected chi connectivity index (χ3v) is 4.28. The molecule has 0 spiro atoms. The van der Waals surface area contributed by atoms with E-state index in [0.29, 0.717) is 6.04 Å². The van der Waals surface area contributed by atoms with Crippen LogP contribution in [0.25, 0.3) is 0 Å². The molecule has 1 saturated heterocycles. The van der Waals surface area contributed by atoms with Crippen LogP contribution in [0.1, 0.15) is 30.1 Å². The first-order valence-corrected chi connectivity index (χ1v) is 7.38. The zero-order chi connectivity index (χ0) is 13.4. The maximum absolute atomic E-state index is 6.03. The van der Waals surface area contributed by atoms with E-state index in [-0.39, 0.29) is 6.10 Å². The first-order valence-electron chi connectivity index (χ1n) is 7.38. The number of benzene rings is 1. The summed E-state index contributed by atoms with van der Waals surface area (Å²) in [7, 11) is 0. The van der Waals surface area contributed by atoms with Crippen molar-refractivity contribution in [2.75, 3.05) is 6.54 Å². The fraction of sp³-hybridized carbons (Fsp3) is 0.438. The van der Waals surface area contributed by atoms with Crippen molar-refractivity contribution >= 4 is 0 Å². The largest absolute Gasteiger partial charge is 0.488 e. The van der Waals surface area contributed by atoms with Crippen LogP contribution in [0, 0.1) is 0 Å². The van der Waals surface area contributed by atoms with Gasteiger partial charge in [0.2, 0.25) is 0 Å². The molecule has 1 fully saturated rings. The summed E-state index contributed by atoms with van der Waals surface area (Å²) in [4.78, 5) is 4.33. The Bertz CT molecular complexity index is 576. The predicted octanol–water partition coefficient (Wildman–Crippen LogP) is 2.31. The molecule has 0 saturated carbocycles. The molecule has 104 valence electrons. The van der Waals surface area contributed by atoms with Gasteiger partial charge in [0, 0.05) is 18.7 Å². The van der Waals surface area contributed by atoms with Crippen molar-refractivity contribution in [3.8, 4) is 5.75 Å². The number of imidazole rings is 1. The second kappa shape index (κ2) is 4.94. The molecule has 3 heterocycles. The Morgan fingerprint density at radius 2 is 2.30 bits per heavy atom. The molecule has 2 aliphatic heterocycles. The fourth-order valence-corrected chi connectivity index (χ4v) is 3.29. The summed E-state index contributed by atoms with van der Waals surface area (Å²) in [5.74, 6) is 1.04. The SMILES string of the molecule is c1ccc2c(c1)CC(Cn1cncc1[C@@H]1CCCN1)O2. The Labute approximate surface area is 118 Å². The number of rotatable bonds is 3. The van der Waals surface area contributed by atoms with E-state index in [1.165, 1.54) is 24.1 Å². The lowest BCUT2D eigenvalue weighted by atomic mass is 10.1. The number of nitrogens with zero attached hydrogens (tertiary/aromatic N) is 2. The van der Waals surface area contributed by atoms with Gasteiger partial charge >= 0.3 is 0 Å². The highest BCUT2D eigenvalue weighted by molar-refractivity contribution is 5.37. The van der Waals surface area contributed by atoms with Crippen LogP contribution in [0.15, 0.2) is 36.8 Å². The fourth-order valence-electron chi connectivity index (χ4n) is 3.29. The van der Waals surface area contributed by atoms with E-state index in [4.69, 9.17) is 4.74 Å². The summed E-state index contributed by atoms with van der Waals surface area (Å²) in [5, 5.41) is 3.54. The molecule has 1 aromatic heterocycles. The normalized spacial score (nSPS) is 24.6. The van der Waals surface area contributed by atoms with Crippen molar-refractivity contribution < 1.29 is 4.74 Å². The van der Waals surface area contributed by atoms with E-state index in [0.717, 1.165) is 25.3 Å². The molecule has 0 bridgehead atoms. The van der Waals surface area contributed by atoms with Crippen molar-refractivity contribution in [3.05, 3.63) is 48.0 Å². The predicted molar refractivity (Wildman–Crippen MR) is 76.8 cm³/mol. The average Bonchev–Trinajstić information content (AvgIpc) is 3.18. The van der Waals surface area contributed by atoms with Gasteiger partial charge in [0.25, 0.3) is 0 Å². The van der Waals surface area contributed by atoms with Gasteiger partial charge in [0.15, 0.2) is 0 Å². The second-order valence-corrected chi connectivity index (χ2v) is 5.67. The van der Waals surface area contributed by atoms with Crippen LogP contribution in [0.2, 0.25) is 0 Å². The molecule has 2 aromatic rings. The number of fused-ring (bicyclic) bond motifs is 1. The summed E-state index contributed by atoms with van der Waals surface area (Å²) in [6.45, 7) is 1.99. The number of para-hydroxylation sites is 1. The highest BCUT2D eigenvalue weighted by Gasteiger charge is 2.25. The lowest BCUT2D eigenvalue weighted by molar-refractivity contribution is 0.207. The minimum Gasteiger partial charge on any atom is -0.488 e. The topological polar surface area (TPSA) is 39.1 Å². The van der Waals surface area contributed by atoms with Gasteiger partial charge in [-0.15, -0.1) is 0 Å². The maximum Gasteiger partial charge on any atom is 0.123 e. The minimum absolute atomic E-state index is 0.224. The number of nitrogens with one attached hydrogen (secondary N) is 1. The maximum atomic E-state index is 6.03. The molecule has 0 radical (unpaired) electrons. The number of aromatic nitrogens is 2. The Morgan fingerprint density at radius 3 is 3.15 bits per heavy atom. The van der Waals surface area contributed by atoms with Crippen LogP contribution >= 0.6 is 0 Å². The molecule has 4 rings (SSSR count). The quantitative estimate of drug-likeness (QED) is 0.929. The Kier molecular flexibility index (Phi) is 2.96. The van der Waals surface area contributed by atoms with Crippen molar-refractivity contribution in [1.29, 1.82) is 0 Å². The van der Waals surface area contributed by atoms with Gasteiger partial charge in [0.1, 0.15) is 11.9 Å². The van der Waals surface area contributed by atoms with E-state index in [1.807, 2.05) is 18.6 Å². The highest BCUT2D eigenvalue weighted by atomic mass is 16.5. The second-order valence-electron chi connectivity index (χ2n) is 5.67. The van der Waals surface area contributed by atoms with Crippen LogP contribution in [0.5, 0.6) is 5.75 Å². The average molecular weight is 269 g/mol. The van der Waals surface area contributed by atoms with Gasteiger partial charge in [-0.25, -0.2) is 4.98 Å². The summed E-state index contributed by atoms with van der Waals surface area (Å²) in [6, 6.07) is 8.79. The third-order valence-electron chi connectivity index (χ3n) is 4.28. The molecule has 1 unspecified atom stereocenters. The zero-order valence-electron chi connectivity index (χ0n) is 11.5. The summed E-state index contributed by atoms with van der Waals surface area (Å²) >= 11 is 0. The number of ether oxygens (including phenoxy) is 1. The standard InChI is InChI=1S/C16H19N3O/c1-2-6-16-12(4-1)8-13(20-16)10-19-11-17-9-15(19)14-5-3-7-18-14/h1-2,4,6,9,11,13-14,18H,3,5,7-8,10H2/t13?,14-/m0/s1. The van der Waals surface area contributed by atoms with E-state index < -0.39 is 0 Å². The summed E-state index contributed by atoms with van der Waals surface area (Å²) < 4.78 is 8.28. The van der Waals surface area contributed by atoms with Crippen molar-refractivity contribution in [1.82, 2.24) is 14.9 Å². The van der Waals surface area contributed by atoms with Crippen LogP contribution < -0.4 is 10.1 Å². The zero-order valence-corrected chi connectivity index (χ0v) is 11.5. The van der Waals surface area contributed by atoms with Gasteiger partial charge in [0.05, 0.1) is 18.6 Å². The molecule has 1 aromatic carbocycles. The smallest absolute Gasteiger partial charge is 0.123 e. The van der Waals surface area contributed by atoms with E-state index >= 15 is 0 Å². The van der Waals surface area contributed by atoms with Crippen LogP contribution in [-0.2, 0) is 13.0 Å². The van der Waals surface area contributed by atoms with Crippen molar-refractivity contribution in [3.63, 3.8) is 0 Å². The third kappa shape index (κ3) is 2.10. The van der Waals surface area contributed by atoms with Crippen LogP contribution in [0.3, 0.4) is 0 Å². The first-order chi connectivity index (χ1) is 9.90. The van der Waals surface area contributed by atoms with Crippen molar-refractivity contribution in [2.45, 2.75) is 38.0 Å². The lowest BCUT2D eigenvalue weighted by Crippen LogP contribution is -2.24. The number of hydrogen-bond donors (Lipinski definition) is 1. The van der Waals surface area contributed by atoms with Crippen LogP contribution in [0.4, 0.5) is 0 Å². The van der Waals surface area contributed by atoms with E-state index in [9.17, 15) is 0 Å². The summed E-state index contributed by atoms with van der Waals surface area (Å²) in [6.07, 6.45) is 7.60. The van der Waals surface area contributed by atoms with Crippen LogP contribution in [-0.4, -0.2) is 22.2 Å². The minimum atomic E-state index is 0.224. The first kappa shape index (κ1) is 12.0. The van der Waals surface area contributed by atoms with Gasteiger partial charge in [-0.2, -0.15) is 0 Å². The molecule has 2 atom stereocenters. The highest BCUT2D eigenvalue weighted by Crippen LogP contribution is 2.30. The monoisotopic (exact) mass is 269 g/mol. The summed E-state index contributed by atoms with van der Waals surface area (Å²) in [5.41, 5.74) is 2.61. The molecular formula is C16H19N3O. The number of hydrogen-bond acceptors (Lipinski definition) is 3. The molecule has 1 N–H and O–H groups in total. The molecule has 0 amide bonds. The van der Waals surface area contributed by atoms with E-state index in [1.54, 1.807) is 0 Å². The molecule has 4 nitrogen and oxygen atoms in total. The van der Waals surface area contributed by atoms with Gasteiger partial charge in [-0.05, 0) is 31.0 Å². The Morgan fingerprint density at radius 1 is 1.35 bits per heavy atom.